The molecule has 0 unspecified atom stereocenters. The van der Waals surface area contributed by atoms with Gasteiger partial charge in [0.05, 0.1) is 15.6 Å². The number of nitrogens with zero attached hydrogens (tertiary/aromatic N) is 3. The molecular weight excluding hydrogens is 400 g/mol. The molecule has 0 aliphatic rings. The Hall–Kier alpha value is -3.72. The van der Waals surface area contributed by atoms with Crippen molar-refractivity contribution in [1.29, 1.82) is 0 Å². The number of nitro benzene ring substituents is 1. The number of rotatable bonds is 5. The summed E-state index contributed by atoms with van der Waals surface area (Å²) in [4.78, 5) is 35.0. The molecule has 1 aromatic heterocycles. The van der Waals surface area contributed by atoms with Crippen molar-refractivity contribution >= 4 is 23.2 Å². The maximum atomic E-state index is 12.5. The second-order valence-corrected chi connectivity index (χ2v) is 6.50. The van der Waals surface area contributed by atoms with Gasteiger partial charge in [0.1, 0.15) is 0 Å². The number of carbonyl (C=O) groups is 1. The summed E-state index contributed by atoms with van der Waals surface area (Å²) in [7, 11) is 0. The SMILES string of the molecule is Cc1cc(=O)c(C(=O)NCc2cc([N+](=O)[O-])ccc2[O-])nn1-c1ccccc1Cl. The smallest absolute Gasteiger partial charge is 0.276 e. The Balaban J connectivity index is 1.90. The van der Waals surface area contributed by atoms with Gasteiger partial charge < -0.3 is 10.4 Å². The monoisotopic (exact) mass is 413 g/mol. The second kappa shape index (κ2) is 8.11. The molecule has 0 saturated carbocycles. The normalized spacial score (nSPS) is 10.6. The van der Waals surface area contributed by atoms with E-state index >= 15 is 0 Å². The lowest BCUT2D eigenvalue weighted by Gasteiger charge is -2.14. The fourth-order valence-corrected chi connectivity index (χ4v) is 2.86. The predicted molar refractivity (Wildman–Crippen MR) is 103 cm³/mol. The standard InChI is InChI=1S/C19H15ClN4O5/c1-11-8-17(26)18(22-23(11)15-5-3-2-4-14(15)20)19(27)21-10-12-9-13(24(28)29)6-7-16(12)25/h2-9,25H,10H2,1H3,(H,21,27)/p-1. The number of non-ortho nitro benzene ring substituents is 1. The molecule has 3 rings (SSSR count). The maximum absolute atomic E-state index is 12.5. The van der Waals surface area contributed by atoms with E-state index in [-0.39, 0.29) is 17.8 Å². The van der Waals surface area contributed by atoms with Gasteiger partial charge in [0, 0.05) is 30.4 Å². The molecule has 0 fully saturated rings. The zero-order valence-corrected chi connectivity index (χ0v) is 15.8. The van der Waals surface area contributed by atoms with Crippen molar-refractivity contribution in [2.24, 2.45) is 0 Å². The minimum Gasteiger partial charge on any atom is -0.872 e. The van der Waals surface area contributed by atoms with Crippen LogP contribution in [0.4, 0.5) is 5.69 Å². The van der Waals surface area contributed by atoms with Gasteiger partial charge in [-0.1, -0.05) is 29.8 Å². The van der Waals surface area contributed by atoms with Gasteiger partial charge in [0.25, 0.3) is 11.6 Å². The number of para-hydroxylation sites is 1. The Labute approximate surface area is 169 Å². The summed E-state index contributed by atoms with van der Waals surface area (Å²) in [5.41, 5.74) is -0.297. The highest BCUT2D eigenvalue weighted by atomic mass is 35.5. The van der Waals surface area contributed by atoms with E-state index in [1.165, 1.54) is 10.7 Å². The molecule has 0 spiro atoms. The summed E-state index contributed by atoms with van der Waals surface area (Å²) < 4.78 is 1.37. The number of nitro groups is 1. The fourth-order valence-electron chi connectivity index (χ4n) is 2.65. The molecular formula is C19H14ClN4O5-. The van der Waals surface area contributed by atoms with Gasteiger partial charge in [-0.15, -0.1) is 5.75 Å². The van der Waals surface area contributed by atoms with Crippen LogP contribution in [0.15, 0.2) is 53.3 Å². The number of carbonyl (C=O) groups excluding carboxylic acids is 1. The summed E-state index contributed by atoms with van der Waals surface area (Å²) in [6.07, 6.45) is 0. The molecule has 0 aliphatic carbocycles. The van der Waals surface area contributed by atoms with Crippen LogP contribution in [0.25, 0.3) is 5.69 Å². The number of hydrogen-bond acceptors (Lipinski definition) is 6. The molecule has 29 heavy (non-hydrogen) atoms. The van der Waals surface area contributed by atoms with Gasteiger partial charge >= 0.3 is 0 Å². The first kappa shape index (κ1) is 20.0. The highest BCUT2D eigenvalue weighted by molar-refractivity contribution is 6.32. The first-order valence-corrected chi connectivity index (χ1v) is 8.74. The van der Waals surface area contributed by atoms with E-state index in [9.17, 15) is 24.8 Å². The number of halogens is 1. The Morgan fingerprint density at radius 1 is 1.24 bits per heavy atom. The number of nitrogens with one attached hydrogen (secondary N) is 1. The molecule has 1 N–H and O–H groups in total. The van der Waals surface area contributed by atoms with Crippen LogP contribution in [0, 0.1) is 17.0 Å². The largest absolute Gasteiger partial charge is 0.872 e. The minimum atomic E-state index is -0.818. The lowest BCUT2D eigenvalue weighted by atomic mass is 10.1. The Bertz CT molecular complexity index is 1180. The van der Waals surface area contributed by atoms with Gasteiger partial charge in [-0.3, -0.25) is 19.7 Å². The third kappa shape index (κ3) is 4.25. The van der Waals surface area contributed by atoms with Gasteiger partial charge in [0.15, 0.2) is 5.69 Å². The van der Waals surface area contributed by atoms with E-state index in [1.807, 2.05) is 0 Å². The van der Waals surface area contributed by atoms with Crippen molar-refractivity contribution in [3.05, 3.63) is 90.8 Å². The summed E-state index contributed by atoms with van der Waals surface area (Å²) in [5.74, 6) is -1.29. The van der Waals surface area contributed by atoms with Crippen molar-refractivity contribution in [3.63, 3.8) is 0 Å². The van der Waals surface area contributed by atoms with Crippen molar-refractivity contribution in [2.45, 2.75) is 13.5 Å². The number of hydrogen-bond donors (Lipinski definition) is 1. The third-order valence-electron chi connectivity index (χ3n) is 4.10. The molecule has 148 valence electrons. The summed E-state index contributed by atoms with van der Waals surface area (Å²) in [6, 6.07) is 11.3. The molecule has 3 aromatic rings. The van der Waals surface area contributed by atoms with Crippen LogP contribution in [0.1, 0.15) is 21.7 Å². The van der Waals surface area contributed by atoms with Gasteiger partial charge in [0.2, 0.25) is 5.43 Å². The van der Waals surface area contributed by atoms with E-state index in [2.05, 4.69) is 10.4 Å². The Morgan fingerprint density at radius 2 is 1.97 bits per heavy atom. The minimum absolute atomic E-state index is 0.0195. The van der Waals surface area contributed by atoms with E-state index in [4.69, 9.17) is 11.6 Å². The van der Waals surface area contributed by atoms with Gasteiger partial charge in [-0.2, -0.15) is 5.10 Å². The molecule has 10 heteroatoms. The zero-order chi connectivity index (χ0) is 21.1. The third-order valence-corrected chi connectivity index (χ3v) is 4.42. The van der Waals surface area contributed by atoms with Crippen LogP contribution >= 0.6 is 11.6 Å². The lowest BCUT2D eigenvalue weighted by molar-refractivity contribution is -0.385. The first-order chi connectivity index (χ1) is 13.8. The van der Waals surface area contributed by atoms with Crippen molar-refractivity contribution < 1.29 is 14.8 Å². The molecule has 2 aromatic carbocycles. The number of benzene rings is 2. The number of aryl methyl sites for hydroxylation is 1. The average Bonchev–Trinajstić information content (AvgIpc) is 2.68. The predicted octanol–water partition coefficient (Wildman–Crippen LogP) is 2.11. The van der Waals surface area contributed by atoms with Crippen molar-refractivity contribution in [3.8, 4) is 11.4 Å². The molecule has 0 atom stereocenters. The van der Waals surface area contributed by atoms with Crippen molar-refractivity contribution in [2.75, 3.05) is 0 Å². The Morgan fingerprint density at radius 3 is 2.66 bits per heavy atom. The highest BCUT2D eigenvalue weighted by Gasteiger charge is 2.17. The number of amides is 1. The van der Waals surface area contributed by atoms with Crippen LogP contribution in [-0.2, 0) is 6.54 Å². The maximum Gasteiger partial charge on any atom is 0.276 e. The van der Waals surface area contributed by atoms with Crippen LogP contribution in [0.2, 0.25) is 5.02 Å². The topological polar surface area (TPSA) is 130 Å². The van der Waals surface area contributed by atoms with E-state index in [0.717, 1.165) is 18.2 Å². The van der Waals surface area contributed by atoms with Crippen molar-refractivity contribution in [1.82, 2.24) is 15.1 Å². The first-order valence-electron chi connectivity index (χ1n) is 8.36. The summed E-state index contributed by atoms with van der Waals surface area (Å²) in [5, 5.41) is 29.6. The molecule has 1 amide bonds. The molecule has 0 saturated heterocycles. The molecule has 9 nitrogen and oxygen atoms in total. The molecule has 0 aliphatic heterocycles. The average molecular weight is 414 g/mol. The van der Waals surface area contributed by atoms with Gasteiger partial charge in [-0.05, 0) is 24.6 Å². The summed E-state index contributed by atoms with van der Waals surface area (Å²) in [6.45, 7) is 1.35. The zero-order valence-electron chi connectivity index (χ0n) is 15.1. The van der Waals surface area contributed by atoms with E-state index < -0.39 is 27.7 Å². The number of aromatic nitrogens is 2. The van der Waals surface area contributed by atoms with Crippen LogP contribution < -0.4 is 15.9 Å². The fraction of sp³-hybridized carbons (Fsp3) is 0.105. The lowest BCUT2D eigenvalue weighted by Crippen LogP contribution is -2.32. The van der Waals surface area contributed by atoms with Crippen LogP contribution in [0.5, 0.6) is 5.75 Å². The molecule has 0 radical (unpaired) electrons. The molecule has 0 bridgehead atoms. The van der Waals surface area contributed by atoms with Crippen LogP contribution in [-0.4, -0.2) is 20.6 Å². The van der Waals surface area contributed by atoms with E-state index in [1.54, 1.807) is 31.2 Å². The van der Waals surface area contributed by atoms with Gasteiger partial charge in [-0.25, -0.2) is 4.68 Å². The highest BCUT2D eigenvalue weighted by Crippen LogP contribution is 2.21. The Kier molecular flexibility index (Phi) is 5.60. The van der Waals surface area contributed by atoms with Crippen LogP contribution in [0.3, 0.4) is 0 Å². The molecule has 1 heterocycles. The summed E-state index contributed by atoms with van der Waals surface area (Å²) >= 11 is 6.17. The second-order valence-electron chi connectivity index (χ2n) is 6.09. The van der Waals surface area contributed by atoms with E-state index in [0.29, 0.717) is 16.4 Å². The quantitative estimate of drug-likeness (QED) is 0.503.